The zero-order valence-electron chi connectivity index (χ0n) is 10.8. The van der Waals surface area contributed by atoms with Crippen molar-refractivity contribution in [2.24, 2.45) is 5.41 Å². The molecule has 1 atom stereocenters. The van der Waals surface area contributed by atoms with Crippen LogP contribution in [0.15, 0.2) is 12.1 Å². The minimum Gasteiger partial charge on any atom is -0.326 e. The van der Waals surface area contributed by atoms with E-state index in [0.717, 1.165) is 5.56 Å². The maximum Gasteiger partial charge on any atom is 0.224 e. The Morgan fingerprint density at radius 2 is 2.00 bits per heavy atom. The van der Waals surface area contributed by atoms with Crippen molar-refractivity contribution >= 4 is 27.5 Å². The van der Waals surface area contributed by atoms with Crippen LogP contribution in [0.2, 0.25) is 0 Å². The standard InChI is InChI=1S/C14H17BrFNO/c1-14(2,3)13(15)9-6-8-4-5-12(18)17-11(8)7-10(9)16/h6-7,13H,4-5H2,1-3H3,(H,17,18). The van der Waals surface area contributed by atoms with Crippen LogP contribution in [-0.2, 0) is 11.2 Å². The van der Waals surface area contributed by atoms with Gasteiger partial charge in [-0.05, 0) is 29.5 Å². The topological polar surface area (TPSA) is 29.1 Å². The van der Waals surface area contributed by atoms with Gasteiger partial charge in [0.1, 0.15) is 5.82 Å². The first-order valence-electron chi connectivity index (χ1n) is 6.05. The number of carbonyl (C=O) groups is 1. The SMILES string of the molecule is CC(C)(C)C(Br)c1cc2c(cc1F)NC(=O)CC2. The Kier molecular flexibility index (Phi) is 3.49. The van der Waals surface area contributed by atoms with E-state index >= 15 is 0 Å². The Morgan fingerprint density at radius 3 is 2.61 bits per heavy atom. The molecule has 4 heteroatoms. The zero-order chi connectivity index (χ0) is 13.5. The number of carbonyl (C=O) groups excluding carboxylic acids is 1. The van der Waals surface area contributed by atoms with Crippen LogP contribution in [0.1, 0.15) is 43.1 Å². The van der Waals surface area contributed by atoms with Gasteiger partial charge in [0.05, 0.1) is 0 Å². The molecular formula is C14H17BrFNO. The summed E-state index contributed by atoms with van der Waals surface area (Å²) < 4.78 is 14.1. The van der Waals surface area contributed by atoms with Crippen molar-refractivity contribution < 1.29 is 9.18 Å². The van der Waals surface area contributed by atoms with Crippen molar-refractivity contribution in [1.82, 2.24) is 0 Å². The number of fused-ring (bicyclic) bond motifs is 1. The second-order valence-electron chi connectivity index (χ2n) is 5.81. The van der Waals surface area contributed by atoms with Gasteiger partial charge in [-0.1, -0.05) is 36.7 Å². The molecule has 1 unspecified atom stereocenters. The maximum atomic E-state index is 14.1. The Hall–Kier alpha value is -0.900. The summed E-state index contributed by atoms with van der Waals surface area (Å²) in [7, 11) is 0. The van der Waals surface area contributed by atoms with Crippen LogP contribution in [0.5, 0.6) is 0 Å². The largest absolute Gasteiger partial charge is 0.326 e. The number of nitrogens with one attached hydrogen (secondary N) is 1. The van der Waals surface area contributed by atoms with E-state index in [1.54, 1.807) is 0 Å². The van der Waals surface area contributed by atoms with Gasteiger partial charge in [-0.15, -0.1) is 0 Å². The molecule has 0 saturated heterocycles. The van der Waals surface area contributed by atoms with Crippen molar-refractivity contribution in [3.63, 3.8) is 0 Å². The predicted molar refractivity (Wildman–Crippen MR) is 74.5 cm³/mol. The summed E-state index contributed by atoms with van der Waals surface area (Å²) in [5.74, 6) is -0.311. The molecule has 1 aromatic carbocycles. The highest BCUT2D eigenvalue weighted by Gasteiger charge is 2.28. The molecule has 1 heterocycles. The minimum absolute atomic E-state index is 0.0409. The molecule has 2 nitrogen and oxygen atoms in total. The summed E-state index contributed by atoms with van der Waals surface area (Å²) in [6.45, 7) is 6.19. The normalized spacial score (nSPS) is 17.1. The van der Waals surface area contributed by atoms with E-state index in [9.17, 15) is 9.18 Å². The number of aryl methyl sites for hydroxylation is 1. The van der Waals surface area contributed by atoms with Gasteiger partial charge in [-0.25, -0.2) is 4.39 Å². The molecule has 0 saturated carbocycles. The number of halogens is 2. The molecule has 0 radical (unpaired) electrons. The third-order valence-corrected chi connectivity index (χ3v) is 5.02. The number of hydrogen-bond acceptors (Lipinski definition) is 1. The Labute approximate surface area is 115 Å². The van der Waals surface area contributed by atoms with Gasteiger partial charge in [0.15, 0.2) is 0 Å². The molecule has 0 fully saturated rings. The van der Waals surface area contributed by atoms with Gasteiger partial charge in [0.2, 0.25) is 5.91 Å². The molecule has 1 aliphatic rings. The van der Waals surface area contributed by atoms with Gasteiger partial charge < -0.3 is 5.32 Å². The highest BCUT2D eigenvalue weighted by molar-refractivity contribution is 9.09. The molecule has 0 aliphatic carbocycles. The Balaban J connectivity index is 2.43. The van der Waals surface area contributed by atoms with Gasteiger partial charge in [-0.3, -0.25) is 4.79 Å². The number of benzene rings is 1. The molecular weight excluding hydrogens is 297 g/mol. The number of alkyl halides is 1. The third kappa shape index (κ3) is 2.58. The first-order chi connectivity index (χ1) is 8.29. The second kappa shape index (κ2) is 4.65. The van der Waals surface area contributed by atoms with Crippen molar-refractivity contribution in [3.05, 3.63) is 29.1 Å². The highest BCUT2D eigenvalue weighted by atomic mass is 79.9. The molecule has 1 aliphatic heterocycles. The van der Waals surface area contributed by atoms with Gasteiger partial charge >= 0.3 is 0 Å². The second-order valence-corrected chi connectivity index (χ2v) is 6.72. The summed E-state index contributed by atoms with van der Waals surface area (Å²) >= 11 is 3.57. The highest BCUT2D eigenvalue weighted by Crippen LogP contribution is 2.42. The smallest absolute Gasteiger partial charge is 0.224 e. The first-order valence-corrected chi connectivity index (χ1v) is 6.97. The molecule has 18 heavy (non-hydrogen) atoms. The zero-order valence-corrected chi connectivity index (χ0v) is 12.4. The molecule has 1 amide bonds. The average Bonchev–Trinajstić information content (AvgIpc) is 2.25. The molecule has 98 valence electrons. The lowest BCUT2D eigenvalue weighted by Gasteiger charge is -2.28. The fraction of sp³-hybridized carbons (Fsp3) is 0.500. The first kappa shape index (κ1) is 13.5. The van der Waals surface area contributed by atoms with E-state index in [4.69, 9.17) is 0 Å². The van der Waals surface area contributed by atoms with Crippen LogP contribution in [0, 0.1) is 11.2 Å². The van der Waals surface area contributed by atoms with Crippen LogP contribution >= 0.6 is 15.9 Å². The van der Waals surface area contributed by atoms with E-state index in [1.165, 1.54) is 6.07 Å². The van der Waals surface area contributed by atoms with Gasteiger partial charge in [-0.2, -0.15) is 0 Å². The van der Waals surface area contributed by atoms with Gasteiger partial charge in [0, 0.05) is 22.5 Å². The fourth-order valence-corrected chi connectivity index (χ4v) is 2.43. The molecule has 1 N–H and O–H groups in total. The Morgan fingerprint density at radius 1 is 1.33 bits per heavy atom. The Bertz CT molecular complexity index is 493. The van der Waals surface area contributed by atoms with Crippen LogP contribution in [-0.4, -0.2) is 5.91 Å². The molecule has 0 aromatic heterocycles. The lowest BCUT2D eigenvalue weighted by atomic mass is 9.86. The lowest BCUT2D eigenvalue weighted by Crippen LogP contribution is -2.21. The van der Waals surface area contributed by atoms with Crippen molar-refractivity contribution in [2.45, 2.75) is 38.4 Å². The average molecular weight is 314 g/mol. The van der Waals surface area contributed by atoms with E-state index in [1.807, 2.05) is 6.07 Å². The maximum absolute atomic E-state index is 14.1. The summed E-state index contributed by atoms with van der Waals surface area (Å²) in [4.78, 5) is 11.2. The van der Waals surface area contributed by atoms with Crippen molar-refractivity contribution in [3.8, 4) is 0 Å². The molecule has 0 bridgehead atoms. The van der Waals surface area contributed by atoms with Crippen LogP contribution in [0.3, 0.4) is 0 Å². The lowest BCUT2D eigenvalue weighted by molar-refractivity contribution is -0.116. The summed E-state index contributed by atoms with van der Waals surface area (Å²) in [5.41, 5.74) is 2.23. The summed E-state index contributed by atoms with van der Waals surface area (Å²) in [6, 6.07) is 3.30. The fourth-order valence-electron chi connectivity index (χ4n) is 2.08. The van der Waals surface area contributed by atoms with Gasteiger partial charge in [0.25, 0.3) is 0 Å². The third-order valence-electron chi connectivity index (χ3n) is 3.15. The predicted octanol–water partition coefficient (Wildman–Crippen LogP) is 4.19. The van der Waals surface area contributed by atoms with E-state index in [2.05, 4.69) is 42.0 Å². The molecule has 0 spiro atoms. The van der Waals surface area contributed by atoms with E-state index < -0.39 is 0 Å². The molecule has 1 aromatic rings. The molecule has 2 rings (SSSR count). The number of amides is 1. The van der Waals surface area contributed by atoms with E-state index in [-0.39, 0.29) is 22.0 Å². The number of hydrogen-bond donors (Lipinski definition) is 1. The van der Waals surface area contributed by atoms with Crippen molar-refractivity contribution in [1.29, 1.82) is 0 Å². The number of rotatable bonds is 1. The van der Waals surface area contributed by atoms with Crippen LogP contribution in [0.25, 0.3) is 0 Å². The monoisotopic (exact) mass is 313 g/mol. The van der Waals surface area contributed by atoms with Crippen LogP contribution < -0.4 is 5.32 Å². The van der Waals surface area contributed by atoms with Crippen LogP contribution in [0.4, 0.5) is 10.1 Å². The minimum atomic E-state index is -0.271. The van der Waals surface area contributed by atoms with Crippen molar-refractivity contribution in [2.75, 3.05) is 5.32 Å². The van der Waals surface area contributed by atoms with E-state index in [0.29, 0.717) is 24.1 Å². The summed E-state index contributed by atoms with van der Waals surface area (Å²) in [6.07, 6.45) is 1.15. The quantitative estimate of drug-likeness (QED) is 0.774. The number of anilines is 1. The summed E-state index contributed by atoms with van der Waals surface area (Å²) in [5, 5.41) is 2.71.